The highest BCUT2D eigenvalue weighted by Gasteiger charge is 2.12. The van der Waals surface area contributed by atoms with E-state index in [1.165, 1.54) is 0 Å². The van der Waals surface area contributed by atoms with Gasteiger partial charge >= 0.3 is 6.03 Å². The van der Waals surface area contributed by atoms with Crippen LogP contribution in [-0.4, -0.2) is 40.0 Å². The molecule has 0 heterocycles. The molecule has 0 fully saturated rings. The molecule has 124 valence electrons. The molecular formula is C16H26N2O4. The van der Waals surface area contributed by atoms with Gasteiger partial charge in [0.2, 0.25) is 0 Å². The maximum atomic E-state index is 11.8. The number of urea groups is 1. The van der Waals surface area contributed by atoms with Gasteiger partial charge < -0.3 is 24.8 Å². The normalized spacial score (nSPS) is 11.6. The fraction of sp³-hybridized carbons (Fsp3) is 0.562. The van der Waals surface area contributed by atoms with Gasteiger partial charge in [-0.1, -0.05) is 6.07 Å². The SMILES string of the molecule is CCOCCCNC(=O)NC(C)c1ccc(OC)c(OC)c1. The van der Waals surface area contributed by atoms with Crippen LogP contribution < -0.4 is 20.1 Å². The number of carbonyl (C=O) groups excluding carboxylic acids is 1. The summed E-state index contributed by atoms with van der Waals surface area (Å²) in [7, 11) is 3.18. The average Bonchev–Trinajstić information content (AvgIpc) is 2.53. The van der Waals surface area contributed by atoms with Crippen molar-refractivity contribution in [2.75, 3.05) is 34.0 Å². The fourth-order valence-corrected chi connectivity index (χ4v) is 1.97. The highest BCUT2D eigenvalue weighted by Crippen LogP contribution is 2.29. The minimum absolute atomic E-state index is 0.133. The molecule has 0 bridgehead atoms. The second-order valence-corrected chi connectivity index (χ2v) is 4.79. The lowest BCUT2D eigenvalue weighted by atomic mass is 10.1. The Hall–Kier alpha value is -1.95. The van der Waals surface area contributed by atoms with Crippen LogP contribution in [0, 0.1) is 0 Å². The van der Waals surface area contributed by atoms with Crippen LogP contribution in [0.2, 0.25) is 0 Å². The van der Waals surface area contributed by atoms with E-state index in [4.69, 9.17) is 14.2 Å². The molecule has 2 N–H and O–H groups in total. The van der Waals surface area contributed by atoms with E-state index in [1.807, 2.05) is 32.0 Å². The number of amides is 2. The molecule has 0 aliphatic heterocycles. The lowest BCUT2D eigenvalue weighted by Crippen LogP contribution is -2.37. The predicted octanol–water partition coefficient (Wildman–Crippen LogP) is 2.49. The van der Waals surface area contributed by atoms with Crippen LogP contribution in [0.3, 0.4) is 0 Å². The Labute approximate surface area is 132 Å². The molecule has 2 amide bonds. The Balaban J connectivity index is 2.47. The maximum Gasteiger partial charge on any atom is 0.315 e. The van der Waals surface area contributed by atoms with Crippen LogP contribution in [0.25, 0.3) is 0 Å². The Bertz CT molecular complexity index is 465. The molecule has 1 aromatic carbocycles. The molecule has 1 aromatic rings. The first-order valence-corrected chi connectivity index (χ1v) is 7.46. The van der Waals surface area contributed by atoms with Crippen molar-refractivity contribution in [2.45, 2.75) is 26.3 Å². The van der Waals surface area contributed by atoms with Crippen molar-refractivity contribution in [3.05, 3.63) is 23.8 Å². The fourth-order valence-electron chi connectivity index (χ4n) is 1.97. The lowest BCUT2D eigenvalue weighted by Gasteiger charge is -2.17. The van der Waals surface area contributed by atoms with Crippen LogP contribution in [0.4, 0.5) is 4.79 Å². The van der Waals surface area contributed by atoms with Crippen LogP contribution >= 0.6 is 0 Å². The molecule has 0 spiro atoms. The van der Waals surface area contributed by atoms with E-state index in [9.17, 15) is 4.79 Å². The van der Waals surface area contributed by atoms with E-state index in [0.717, 1.165) is 12.0 Å². The van der Waals surface area contributed by atoms with Gasteiger partial charge in [-0.3, -0.25) is 0 Å². The summed E-state index contributed by atoms with van der Waals surface area (Å²) < 4.78 is 15.7. The number of nitrogens with one attached hydrogen (secondary N) is 2. The zero-order valence-corrected chi connectivity index (χ0v) is 13.8. The molecule has 1 rings (SSSR count). The van der Waals surface area contributed by atoms with E-state index in [0.29, 0.717) is 31.3 Å². The van der Waals surface area contributed by atoms with Crippen molar-refractivity contribution in [3.63, 3.8) is 0 Å². The molecule has 0 aromatic heterocycles. The van der Waals surface area contributed by atoms with Gasteiger partial charge in [0.15, 0.2) is 11.5 Å². The Morgan fingerprint density at radius 3 is 2.59 bits per heavy atom. The van der Waals surface area contributed by atoms with Crippen LogP contribution in [0.15, 0.2) is 18.2 Å². The van der Waals surface area contributed by atoms with E-state index >= 15 is 0 Å². The molecule has 6 heteroatoms. The summed E-state index contributed by atoms with van der Waals surface area (Å²) in [6.07, 6.45) is 0.798. The van der Waals surface area contributed by atoms with Crippen molar-refractivity contribution >= 4 is 6.03 Å². The molecule has 0 saturated carbocycles. The third-order valence-corrected chi connectivity index (χ3v) is 3.21. The second kappa shape index (κ2) is 9.89. The summed E-state index contributed by atoms with van der Waals surface area (Å²) in [5.41, 5.74) is 0.946. The topological polar surface area (TPSA) is 68.8 Å². The van der Waals surface area contributed by atoms with Crippen LogP contribution in [0.5, 0.6) is 11.5 Å². The predicted molar refractivity (Wildman–Crippen MR) is 85.6 cm³/mol. The van der Waals surface area contributed by atoms with Gasteiger partial charge in [0, 0.05) is 19.8 Å². The molecule has 22 heavy (non-hydrogen) atoms. The van der Waals surface area contributed by atoms with Gasteiger partial charge in [0.05, 0.1) is 20.3 Å². The van der Waals surface area contributed by atoms with Gasteiger partial charge in [0.1, 0.15) is 0 Å². The Morgan fingerprint density at radius 2 is 1.95 bits per heavy atom. The standard InChI is InChI=1S/C16H26N2O4/c1-5-22-10-6-9-17-16(19)18-12(2)13-7-8-14(20-3)15(11-13)21-4/h7-8,11-12H,5-6,9-10H2,1-4H3,(H2,17,18,19). The molecule has 0 saturated heterocycles. The van der Waals surface area contributed by atoms with E-state index in [-0.39, 0.29) is 12.1 Å². The number of carbonyl (C=O) groups is 1. The summed E-state index contributed by atoms with van der Waals surface area (Å²) in [6, 6.07) is 5.26. The van der Waals surface area contributed by atoms with Crippen molar-refractivity contribution in [1.29, 1.82) is 0 Å². The summed E-state index contributed by atoms with van der Waals surface area (Å²) in [6.45, 7) is 5.81. The average molecular weight is 310 g/mol. The summed E-state index contributed by atoms with van der Waals surface area (Å²) in [5, 5.41) is 5.70. The van der Waals surface area contributed by atoms with Gasteiger partial charge in [-0.05, 0) is 38.0 Å². The number of hydrogen-bond acceptors (Lipinski definition) is 4. The summed E-state index contributed by atoms with van der Waals surface area (Å²) in [4.78, 5) is 11.8. The van der Waals surface area contributed by atoms with Gasteiger partial charge in [-0.2, -0.15) is 0 Å². The second-order valence-electron chi connectivity index (χ2n) is 4.79. The highest BCUT2D eigenvalue weighted by molar-refractivity contribution is 5.74. The number of ether oxygens (including phenoxy) is 3. The van der Waals surface area contributed by atoms with Gasteiger partial charge in [-0.25, -0.2) is 4.79 Å². The largest absolute Gasteiger partial charge is 0.493 e. The quantitative estimate of drug-likeness (QED) is 0.688. The van der Waals surface area contributed by atoms with Gasteiger partial charge in [0.25, 0.3) is 0 Å². The number of rotatable bonds is 9. The maximum absolute atomic E-state index is 11.8. The van der Waals surface area contributed by atoms with E-state index in [2.05, 4.69) is 10.6 Å². The number of hydrogen-bond donors (Lipinski definition) is 2. The van der Waals surface area contributed by atoms with Crippen molar-refractivity contribution in [2.24, 2.45) is 0 Å². The van der Waals surface area contributed by atoms with Gasteiger partial charge in [-0.15, -0.1) is 0 Å². The smallest absolute Gasteiger partial charge is 0.315 e. The zero-order valence-electron chi connectivity index (χ0n) is 13.8. The Kier molecular flexibility index (Phi) is 8.14. The summed E-state index contributed by atoms with van der Waals surface area (Å²) >= 11 is 0. The molecule has 1 unspecified atom stereocenters. The minimum Gasteiger partial charge on any atom is -0.493 e. The third kappa shape index (κ3) is 5.81. The first kappa shape index (κ1) is 18.1. The molecule has 0 aliphatic rings. The minimum atomic E-state index is -0.196. The first-order valence-electron chi connectivity index (χ1n) is 7.46. The number of benzene rings is 1. The zero-order chi connectivity index (χ0) is 16.4. The van der Waals surface area contributed by atoms with Crippen LogP contribution in [-0.2, 0) is 4.74 Å². The monoisotopic (exact) mass is 310 g/mol. The molecule has 6 nitrogen and oxygen atoms in total. The van der Waals surface area contributed by atoms with E-state index < -0.39 is 0 Å². The third-order valence-electron chi connectivity index (χ3n) is 3.21. The Morgan fingerprint density at radius 1 is 1.23 bits per heavy atom. The van der Waals surface area contributed by atoms with E-state index in [1.54, 1.807) is 14.2 Å². The van der Waals surface area contributed by atoms with Crippen molar-refractivity contribution in [3.8, 4) is 11.5 Å². The molecule has 0 aliphatic carbocycles. The highest BCUT2D eigenvalue weighted by atomic mass is 16.5. The molecule has 0 radical (unpaired) electrons. The van der Waals surface area contributed by atoms with Crippen molar-refractivity contribution in [1.82, 2.24) is 10.6 Å². The number of methoxy groups -OCH3 is 2. The summed E-state index contributed by atoms with van der Waals surface area (Å²) in [5.74, 6) is 1.31. The first-order chi connectivity index (χ1) is 10.6. The lowest BCUT2D eigenvalue weighted by molar-refractivity contribution is 0.145. The molecule has 1 atom stereocenters. The van der Waals surface area contributed by atoms with Crippen LogP contribution in [0.1, 0.15) is 31.9 Å². The van der Waals surface area contributed by atoms with Crippen molar-refractivity contribution < 1.29 is 19.0 Å². The molecular weight excluding hydrogens is 284 g/mol.